The highest BCUT2D eigenvalue weighted by Crippen LogP contribution is 2.21. The van der Waals surface area contributed by atoms with E-state index in [1.807, 2.05) is 0 Å². The van der Waals surface area contributed by atoms with E-state index < -0.39 is 0 Å². The van der Waals surface area contributed by atoms with Crippen LogP contribution in [0, 0.1) is 0 Å². The van der Waals surface area contributed by atoms with Crippen molar-refractivity contribution in [3.05, 3.63) is 0 Å². The van der Waals surface area contributed by atoms with Crippen LogP contribution in [0.4, 0.5) is 0 Å². The van der Waals surface area contributed by atoms with Crippen molar-refractivity contribution in [2.45, 2.75) is 37.2 Å². The first-order chi connectivity index (χ1) is 6.38. The summed E-state index contributed by atoms with van der Waals surface area (Å²) in [5.41, 5.74) is 0. The first-order valence-corrected chi connectivity index (χ1v) is 6.64. The van der Waals surface area contributed by atoms with Gasteiger partial charge in [-0.05, 0) is 6.42 Å². The van der Waals surface area contributed by atoms with Crippen LogP contribution in [0.15, 0.2) is 0 Å². The van der Waals surface area contributed by atoms with Gasteiger partial charge in [-0.1, -0.05) is 6.04 Å². The first-order valence-electron chi connectivity index (χ1n) is 5.23. The Morgan fingerprint density at radius 1 is 1.31 bits per heavy atom. The van der Waals surface area contributed by atoms with Crippen LogP contribution in [0.5, 0.6) is 0 Å². The van der Waals surface area contributed by atoms with Gasteiger partial charge in [0.05, 0.1) is 32.0 Å². The van der Waals surface area contributed by atoms with Gasteiger partial charge in [0.2, 0.25) is 0 Å². The van der Waals surface area contributed by atoms with Gasteiger partial charge >= 0.3 is 0 Å². The number of hydrogen-bond donors (Lipinski definition) is 0. The maximum Gasteiger partial charge on any atom is 0.104 e. The molecule has 3 unspecified atom stereocenters. The number of hydrogen-bond acceptors (Lipinski definition) is 3. The summed E-state index contributed by atoms with van der Waals surface area (Å²) in [6, 6.07) is 1.32. The third-order valence-electron chi connectivity index (χ3n) is 2.46. The molecule has 0 radical (unpaired) electrons. The van der Waals surface area contributed by atoms with E-state index >= 15 is 0 Å². The smallest absolute Gasteiger partial charge is 0.104 e. The molecule has 2 heterocycles. The minimum Gasteiger partial charge on any atom is -0.375 e. The summed E-state index contributed by atoms with van der Waals surface area (Å²) < 4.78 is 16.1. The van der Waals surface area contributed by atoms with Gasteiger partial charge in [-0.15, -0.1) is 0 Å². The van der Waals surface area contributed by atoms with Crippen molar-refractivity contribution in [3.63, 3.8) is 0 Å². The highest BCUT2D eigenvalue weighted by atomic mass is 28.1. The largest absolute Gasteiger partial charge is 0.375 e. The van der Waals surface area contributed by atoms with E-state index in [4.69, 9.17) is 14.2 Å². The molecule has 0 aromatic rings. The molecule has 0 spiro atoms. The van der Waals surface area contributed by atoms with Crippen molar-refractivity contribution in [2.24, 2.45) is 0 Å². The molecule has 2 aliphatic heterocycles. The van der Waals surface area contributed by atoms with Gasteiger partial charge in [0.15, 0.2) is 0 Å². The highest BCUT2D eigenvalue weighted by Gasteiger charge is 2.29. The normalized spacial score (nSPS) is 33.2. The zero-order chi connectivity index (χ0) is 9.10. The maximum absolute atomic E-state index is 5.77. The third kappa shape index (κ3) is 3.77. The van der Waals surface area contributed by atoms with Gasteiger partial charge in [0.1, 0.15) is 6.10 Å². The summed E-state index contributed by atoms with van der Waals surface area (Å²) in [6.45, 7) is 2.63. The van der Waals surface area contributed by atoms with E-state index in [1.54, 1.807) is 0 Å². The lowest BCUT2D eigenvalue weighted by Crippen LogP contribution is -2.18. The summed E-state index contributed by atoms with van der Waals surface area (Å²) in [5, 5.41) is 0. The SMILES string of the molecule is [SiH3]CCC(CC1CO1)OCC1CO1. The molecular weight excluding hydrogens is 184 g/mol. The fourth-order valence-electron chi connectivity index (χ4n) is 1.50. The molecule has 0 aromatic carbocycles. The molecule has 3 atom stereocenters. The highest BCUT2D eigenvalue weighted by molar-refractivity contribution is 6.08. The summed E-state index contributed by atoms with van der Waals surface area (Å²) in [4.78, 5) is 0. The summed E-state index contributed by atoms with van der Waals surface area (Å²) in [7, 11) is 1.27. The summed E-state index contributed by atoms with van der Waals surface area (Å²) >= 11 is 0. The molecule has 0 amide bonds. The van der Waals surface area contributed by atoms with Gasteiger partial charge in [0, 0.05) is 16.7 Å². The van der Waals surface area contributed by atoms with Crippen molar-refractivity contribution in [1.82, 2.24) is 0 Å². The van der Waals surface area contributed by atoms with Gasteiger partial charge in [-0.3, -0.25) is 0 Å². The lowest BCUT2D eigenvalue weighted by Gasteiger charge is -2.15. The number of epoxide rings is 2. The molecule has 4 heteroatoms. The Labute approximate surface area is 82.2 Å². The van der Waals surface area contributed by atoms with E-state index in [0.717, 1.165) is 26.2 Å². The monoisotopic (exact) mass is 202 g/mol. The average molecular weight is 202 g/mol. The van der Waals surface area contributed by atoms with Gasteiger partial charge < -0.3 is 14.2 Å². The quantitative estimate of drug-likeness (QED) is 0.421. The van der Waals surface area contributed by atoms with Gasteiger partial charge in [-0.2, -0.15) is 0 Å². The average Bonchev–Trinajstić information content (AvgIpc) is 2.97. The molecular formula is C9H18O3Si. The zero-order valence-corrected chi connectivity index (χ0v) is 10.2. The maximum atomic E-state index is 5.77. The molecule has 0 saturated carbocycles. The van der Waals surface area contributed by atoms with E-state index in [1.165, 1.54) is 22.7 Å². The molecule has 2 rings (SSSR count). The molecule has 3 nitrogen and oxygen atoms in total. The zero-order valence-electron chi connectivity index (χ0n) is 8.20. The second-order valence-corrected chi connectivity index (χ2v) is 4.89. The Hall–Kier alpha value is 0.0969. The fraction of sp³-hybridized carbons (Fsp3) is 1.00. The van der Waals surface area contributed by atoms with Crippen molar-refractivity contribution >= 4 is 10.2 Å². The summed E-state index contributed by atoms with van der Waals surface area (Å²) in [5.74, 6) is 0. The molecule has 0 N–H and O–H groups in total. The van der Waals surface area contributed by atoms with E-state index in [-0.39, 0.29) is 0 Å². The van der Waals surface area contributed by atoms with Crippen LogP contribution < -0.4 is 0 Å². The second-order valence-electron chi connectivity index (χ2n) is 3.89. The topological polar surface area (TPSA) is 34.3 Å². The van der Waals surface area contributed by atoms with Crippen LogP contribution in [-0.4, -0.2) is 48.4 Å². The van der Waals surface area contributed by atoms with Crippen LogP contribution in [-0.2, 0) is 14.2 Å². The van der Waals surface area contributed by atoms with Gasteiger partial charge in [-0.25, -0.2) is 0 Å². The van der Waals surface area contributed by atoms with E-state index in [9.17, 15) is 0 Å². The predicted molar refractivity (Wildman–Crippen MR) is 53.2 cm³/mol. The molecule has 76 valence electrons. The molecule has 0 bridgehead atoms. The predicted octanol–water partition coefficient (Wildman–Crippen LogP) is -0.267. The molecule has 0 aliphatic carbocycles. The Morgan fingerprint density at radius 3 is 2.54 bits per heavy atom. The molecule has 0 aromatic heterocycles. The van der Waals surface area contributed by atoms with Crippen LogP contribution in [0.25, 0.3) is 0 Å². The minimum atomic E-state index is 0.400. The van der Waals surface area contributed by atoms with Gasteiger partial charge in [0.25, 0.3) is 0 Å². The molecule has 2 fully saturated rings. The first kappa shape index (κ1) is 9.64. The van der Waals surface area contributed by atoms with Crippen molar-refractivity contribution in [2.75, 3.05) is 19.8 Å². The lowest BCUT2D eigenvalue weighted by molar-refractivity contribution is 0.0306. The molecule has 2 saturated heterocycles. The minimum absolute atomic E-state index is 0.400. The van der Waals surface area contributed by atoms with Crippen LogP contribution in [0.3, 0.4) is 0 Å². The van der Waals surface area contributed by atoms with Crippen molar-refractivity contribution in [1.29, 1.82) is 0 Å². The molecule has 13 heavy (non-hydrogen) atoms. The number of rotatable bonds is 7. The molecule has 2 aliphatic rings. The fourth-order valence-corrected chi connectivity index (χ4v) is 2.14. The van der Waals surface area contributed by atoms with Crippen molar-refractivity contribution < 1.29 is 14.2 Å². The lowest BCUT2D eigenvalue weighted by atomic mass is 10.1. The Bertz CT molecular complexity index is 157. The van der Waals surface area contributed by atoms with Crippen molar-refractivity contribution in [3.8, 4) is 0 Å². The van der Waals surface area contributed by atoms with E-state index in [0.29, 0.717) is 18.3 Å². The number of ether oxygens (including phenoxy) is 3. The van der Waals surface area contributed by atoms with Crippen LogP contribution in [0.2, 0.25) is 6.04 Å². The van der Waals surface area contributed by atoms with Crippen LogP contribution >= 0.6 is 0 Å². The Balaban J connectivity index is 1.60. The summed E-state index contributed by atoms with van der Waals surface area (Å²) in [6.07, 6.45) is 3.62. The standard InChI is InChI=1S/C9H18O3Si/c13-2-1-7(3-8-4-11-8)10-5-9-6-12-9/h7-9H,1-6H2,13H3. The Morgan fingerprint density at radius 2 is 2.00 bits per heavy atom. The third-order valence-corrected chi connectivity index (χ3v) is 3.04. The Kier molecular flexibility index (Phi) is 3.37. The van der Waals surface area contributed by atoms with E-state index in [2.05, 4.69) is 0 Å². The second kappa shape index (κ2) is 4.55. The van der Waals surface area contributed by atoms with Crippen LogP contribution in [0.1, 0.15) is 12.8 Å².